The minimum Gasteiger partial charge on any atom is -0.374 e. The van der Waals surface area contributed by atoms with Crippen LogP contribution < -0.4 is 5.73 Å². The smallest absolute Gasteiger partial charge is 0.0731 e. The van der Waals surface area contributed by atoms with Crippen LogP contribution in [0.15, 0.2) is 22.7 Å². The zero-order valence-corrected chi connectivity index (χ0v) is 11.6. The van der Waals surface area contributed by atoms with Gasteiger partial charge in [-0.3, -0.25) is 0 Å². The molecule has 0 heterocycles. The summed E-state index contributed by atoms with van der Waals surface area (Å²) in [5.41, 5.74) is 7.90. The van der Waals surface area contributed by atoms with Crippen LogP contribution in [-0.2, 0) is 17.9 Å². The highest BCUT2D eigenvalue weighted by Gasteiger charge is 2.04. The lowest BCUT2D eigenvalue weighted by molar-refractivity contribution is 0.0468. The van der Waals surface area contributed by atoms with Gasteiger partial charge in [-0.1, -0.05) is 41.4 Å². The summed E-state index contributed by atoms with van der Waals surface area (Å²) in [4.78, 5) is 0. The standard InChI is InChI=1S/C13H20BrNO/c1-3-4-10(2)16-9-12-6-5-11(8-15)7-13(12)14/h5-7,10H,3-4,8-9,15H2,1-2H3. The summed E-state index contributed by atoms with van der Waals surface area (Å²) in [7, 11) is 0. The molecule has 0 aromatic heterocycles. The normalized spacial score (nSPS) is 12.8. The van der Waals surface area contributed by atoms with Crippen molar-refractivity contribution in [1.29, 1.82) is 0 Å². The zero-order valence-electron chi connectivity index (χ0n) is 10.0. The molecule has 0 amide bonds. The van der Waals surface area contributed by atoms with E-state index in [9.17, 15) is 0 Å². The lowest BCUT2D eigenvalue weighted by atomic mass is 10.1. The van der Waals surface area contributed by atoms with Crippen LogP contribution >= 0.6 is 15.9 Å². The van der Waals surface area contributed by atoms with Gasteiger partial charge in [0.05, 0.1) is 12.7 Å². The molecule has 1 aromatic rings. The van der Waals surface area contributed by atoms with Crippen LogP contribution in [0, 0.1) is 0 Å². The van der Waals surface area contributed by atoms with E-state index in [1.807, 2.05) is 6.07 Å². The van der Waals surface area contributed by atoms with E-state index in [1.165, 1.54) is 5.56 Å². The Bertz CT molecular complexity index is 328. The third-order valence-corrected chi connectivity index (χ3v) is 3.31. The van der Waals surface area contributed by atoms with Crippen LogP contribution in [0.25, 0.3) is 0 Å². The summed E-state index contributed by atoms with van der Waals surface area (Å²) in [6.07, 6.45) is 2.60. The molecule has 0 aliphatic heterocycles. The maximum Gasteiger partial charge on any atom is 0.0731 e. The van der Waals surface area contributed by atoms with Gasteiger partial charge >= 0.3 is 0 Å². The van der Waals surface area contributed by atoms with Gasteiger partial charge in [-0.15, -0.1) is 0 Å². The Balaban J connectivity index is 2.54. The van der Waals surface area contributed by atoms with Gasteiger partial charge in [0.25, 0.3) is 0 Å². The van der Waals surface area contributed by atoms with E-state index in [0.717, 1.165) is 22.9 Å². The van der Waals surface area contributed by atoms with Crippen molar-refractivity contribution in [2.24, 2.45) is 5.73 Å². The monoisotopic (exact) mass is 285 g/mol. The minimum atomic E-state index is 0.325. The van der Waals surface area contributed by atoms with Crippen molar-refractivity contribution in [3.8, 4) is 0 Å². The Morgan fingerprint density at radius 1 is 1.44 bits per heavy atom. The first-order chi connectivity index (χ1) is 7.67. The molecule has 1 rings (SSSR count). The summed E-state index contributed by atoms with van der Waals surface area (Å²) < 4.78 is 6.84. The van der Waals surface area contributed by atoms with E-state index in [4.69, 9.17) is 10.5 Å². The number of rotatable bonds is 6. The average molecular weight is 286 g/mol. The quantitative estimate of drug-likeness (QED) is 0.867. The second-order valence-corrected chi connectivity index (χ2v) is 4.89. The SMILES string of the molecule is CCCC(C)OCc1ccc(CN)cc1Br. The number of ether oxygens (including phenoxy) is 1. The Morgan fingerprint density at radius 2 is 2.19 bits per heavy atom. The van der Waals surface area contributed by atoms with Crippen molar-refractivity contribution in [3.63, 3.8) is 0 Å². The molecule has 0 radical (unpaired) electrons. The van der Waals surface area contributed by atoms with E-state index in [-0.39, 0.29) is 0 Å². The van der Waals surface area contributed by atoms with E-state index in [2.05, 4.69) is 41.9 Å². The zero-order chi connectivity index (χ0) is 12.0. The molecule has 90 valence electrons. The fourth-order valence-corrected chi connectivity index (χ4v) is 2.10. The number of nitrogens with two attached hydrogens (primary N) is 1. The fourth-order valence-electron chi connectivity index (χ4n) is 1.56. The fraction of sp³-hybridized carbons (Fsp3) is 0.538. The summed E-state index contributed by atoms with van der Waals surface area (Å²) >= 11 is 3.54. The van der Waals surface area contributed by atoms with Crippen molar-refractivity contribution in [2.45, 2.75) is 45.9 Å². The number of benzene rings is 1. The molecule has 0 fully saturated rings. The highest BCUT2D eigenvalue weighted by atomic mass is 79.9. The molecule has 1 unspecified atom stereocenters. The Hall–Kier alpha value is -0.380. The maximum absolute atomic E-state index is 5.76. The molecule has 16 heavy (non-hydrogen) atoms. The molecule has 0 saturated heterocycles. The number of halogens is 1. The summed E-state index contributed by atoms with van der Waals surface area (Å²) in [6.45, 7) is 5.52. The van der Waals surface area contributed by atoms with E-state index in [1.54, 1.807) is 0 Å². The molecule has 0 aliphatic carbocycles. The topological polar surface area (TPSA) is 35.2 Å². The number of hydrogen-bond acceptors (Lipinski definition) is 2. The molecule has 0 bridgehead atoms. The van der Waals surface area contributed by atoms with Crippen molar-refractivity contribution < 1.29 is 4.74 Å². The molecular weight excluding hydrogens is 266 g/mol. The Labute approximate surface area is 106 Å². The first kappa shape index (κ1) is 13.7. The second-order valence-electron chi connectivity index (χ2n) is 4.04. The predicted molar refractivity (Wildman–Crippen MR) is 71.2 cm³/mol. The van der Waals surface area contributed by atoms with Gasteiger partial charge in [0.2, 0.25) is 0 Å². The van der Waals surface area contributed by atoms with Gasteiger partial charge in [0.15, 0.2) is 0 Å². The van der Waals surface area contributed by atoms with Crippen LogP contribution in [-0.4, -0.2) is 6.10 Å². The molecule has 1 aromatic carbocycles. The largest absolute Gasteiger partial charge is 0.374 e. The maximum atomic E-state index is 5.76. The van der Waals surface area contributed by atoms with E-state index >= 15 is 0 Å². The third-order valence-electron chi connectivity index (χ3n) is 2.57. The molecule has 3 heteroatoms. The minimum absolute atomic E-state index is 0.325. The molecule has 1 atom stereocenters. The highest BCUT2D eigenvalue weighted by Crippen LogP contribution is 2.20. The molecule has 2 nitrogen and oxygen atoms in total. The molecule has 0 spiro atoms. The van der Waals surface area contributed by atoms with Crippen LogP contribution in [0.3, 0.4) is 0 Å². The van der Waals surface area contributed by atoms with Crippen molar-refractivity contribution >= 4 is 15.9 Å². The van der Waals surface area contributed by atoms with Gasteiger partial charge in [0.1, 0.15) is 0 Å². The first-order valence-corrected chi connectivity index (χ1v) is 6.55. The van der Waals surface area contributed by atoms with Gasteiger partial charge in [-0.25, -0.2) is 0 Å². The highest BCUT2D eigenvalue weighted by molar-refractivity contribution is 9.10. The van der Waals surface area contributed by atoms with Crippen LogP contribution in [0.2, 0.25) is 0 Å². The van der Waals surface area contributed by atoms with Crippen LogP contribution in [0.1, 0.15) is 37.8 Å². The van der Waals surface area contributed by atoms with Crippen molar-refractivity contribution in [3.05, 3.63) is 33.8 Å². The van der Waals surface area contributed by atoms with Gasteiger partial charge in [-0.05, 0) is 30.5 Å². The summed E-state index contributed by atoms with van der Waals surface area (Å²) in [6, 6.07) is 6.18. The van der Waals surface area contributed by atoms with Crippen LogP contribution in [0.5, 0.6) is 0 Å². The van der Waals surface area contributed by atoms with Crippen molar-refractivity contribution in [2.75, 3.05) is 0 Å². The molecule has 0 aliphatic rings. The van der Waals surface area contributed by atoms with Crippen LogP contribution in [0.4, 0.5) is 0 Å². The van der Waals surface area contributed by atoms with E-state index in [0.29, 0.717) is 19.3 Å². The number of hydrogen-bond donors (Lipinski definition) is 1. The summed E-state index contributed by atoms with van der Waals surface area (Å²) in [5.74, 6) is 0. The summed E-state index contributed by atoms with van der Waals surface area (Å²) in [5, 5.41) is 0. The molecule has 0 saturated carbocycles. The first-order valence-electron chi connectivity index (χ1n) is 5.76. The Kier molecular flexibility index (Phi) is 6.03. The van der Waals surface area contributed by atoms with Gasteiger partial charge in [0, 0.05) is 11.0 Å². The van der Waals surface area contributed by atoms with Crippen molar-refractivity contribution in [1.82, 2.24) is 0 Å². The lowest BCUT2D eigenvalue weighted by Crippen LogP contribution is -2.08. The van der Waals surface area contributed by atoms with E-state index < -0.39 is 0 Å². The average Bonchev–Trinajstić information content (AvgIpc) is 2.27. The predicted octanol–water partition coefficient (Wildman–Crippen LogP) is 3.61. The van der Waals surface area contributed by atoms with Gasteiger partial charge in [-0.2, -0.15) is 0 Å². The Morgan fingerprint density at radius 3 is 2.75 bits per heavy atom. The third kappa shape index (κ3) is 4.24. The molecule has 2 N–H and O–H groups in total. The molecular formula is C13H20BrNO. The second kappa shape index (κ2) is 7.05. The van der Waals surface area contributed by atoms with Gasteiger partial charge < -0.3 is 10.5 Å². The lowest BCUT2D eigenvalue weighted by Gasteiger charge is -2.13.